The van der Waals surface area contributed by atoms with Gasteiger partial charge >= 0.3 is 0 Å². The minimum Gasteiger partial charge on any atom is -0.339 e. The minimum atomic E-state index is 0.124. The zero-order valence-electron chi connectivity index (χ0n) is 11.1. The molecule has 1 rings (SSSR count). The van der Waals surface area contributed by atoms with Crippen LogP contribution in [0.15, 0.2) is 24.3 Å². The van der Waals surface area contributed by atoms with E-state index in [0.717, 1.165) is 24.2 Å². The van der Waals surface area contributed by atoms with Crippen molar-refractivity contribution in [2.24, 2.45) is 0 Å². The largest absolute Gasteiger partial charge is 0.339 e. The van der Waals surface area contributed by atoms with E-state index in [-0.39, 0.29) is 5.91 Å². The third-order valence-corrected chi connectivity index (χ3v) is 2.32. The highest BCUT2D eigenvalue weighted by Gasteiger charge is 2.11. The molecule has 0 heterocycles. The summed E-state index contributed by atoms with van der Waals surface area (Å²) in [5.74, 6) is 0.124. The van der Waals surface area contributed by atoms with Gasteiger partial charge in [-0.25, -0.2) is 0 Å². The van der Waals surface area contributed by atoms with Crippen molar-refractivity contribution in [1.82, 2.24) is 4.90 Å². The van der Waals surface area contributed by atoms with Gasteiger partial charge in [-0.2, -0.15) is 0 Å². The molecule has 1 aromatic rings. The average molecular weight is 221 g/mol. The Bertz CT molecular complexity index is 316. The topological polar surface area (TPSA) is 20.3 Å². The molecule has 0 atom stereocenters. The summed E-state index contributed by atoms with van der Waals surface area (Å²) in [5.41, 5.74) is 1.91. The molecule has 1 aromatic carbocycles. The van der Waals surface area contributed by atoms with Gasteiger partial charge in [-0.05, 0) is 32.9 Å². The van der Waals surface area contributed by atoms with Crippen molar-refractivity contribution in [3.8, 4) is 0 Å². The summed E-state index contributed by atoms with van der Waals surface area (Å²) in [5, 5.41) is 0. The molecule has 0 saturated carbocycles. The van der Waals surface area contributed by atoms with Gasteiger partial charge in [-0.1, -0.05) is 31.5 Å². The number of hydrogen-bond acceptors (Lipinski definition) is 1. The second kappa shape index (κ2) is 7.91. The van der Waals surface area contributed by atoms with E-state index in [1.807, 2.05) is 63.8 Å². The van der Waals surface area contributed by atoms with Crippen LogP contribution in [0.25, 0.3) is 0 Å². The monoisotopic (exact) mass is 221 g/mol. The van der Waals surface area contributed by atoms with Crippen molar-refractivity contribution in [2.75, 3.05) is 13.1 Å². The lowest BCUT2D eigenvalue weighted by Crippen LogP contribution is -2.30. The highest BCUT2D eigenvalue weighted by Crippen LogP contribution is 2.07. The van der Waals surface area contributed by atoms with E-state index in [1.165, 1.54) is 0 Å². The molecule has 0 fully saturated rings. The summed E-state index contributed by atoms with van der Waals surface area (Å²) < 4.78 is 0. The Balaban J connectivity index is 0.00000106. The highest BCUT2D eigenvalue weighted by atomic mass is 16.2. The van der Waals surface area contributed by atoms with Crippen LogP contribution in [0.4, 0.5) is 0 Å². The Hall–Kier alpha value is -1.31. The van der Waals surface area contributed by atoms with Crippen LogP contribution < -0.4 is 0 Å². The molecule has 0 aliphatic rings. The lowest BCUT2D eigenvalue weighted by molar-refractivity contribution is 0.0773. The molecule has 1 amide bonds. The van der Waals surface area contributed by atoms with Crippen molar-refractivity contribution < 1.29 is 4.79 Å². The number of nitrogens with zero attached hydrogens (tertiary/aromatic N) is 1. The second-order valence-electron chi connectivity index (χ2n) is 3.35. The van der Waals surface area contributed by atoms with Gasteiger partial charge in [-0.15, -0.1) is 0 Å². The van der Waals surface area contributed by atoms with Gasteiger partial charge in [-0.3, -0.25) is 4.79 Å². The molecule has 2 heteroatoms. The Labute approximate surface area is 99.3 Å². The maximum atomic E-state index is 11.9. The van der Waals surface area contributed by atoms with Gasteiger partial charge < -0.3 is 4.90 Å². The fraction of sp³-hybridized carbons (Fsp3) is 0.500. The molecule has 2 nitrogen and oxygen atoms in total. The van der Waals surface area contributed by atoms with Crippen molar-refractivity contribution in [3.63, 3.8) is 0 Å². The van der Waals surface area contributed by atoms with Crippen molar-refractivity contribution >= 4 is 5.91 Å². The van der Waals surface area contributed by atoms with Gasteiger partial charge in [0.05, 0.1) is 0 Å². The van der Waals surface area contributed by atoms with Crippen LogP contribution in [0.3, 0.4) is 0 Å². The lowest BCUT2D eigenvalue weighted by Gasteiger charge is -2.18. The van der Waals surface area contributed by atoms with E-state index >= 15 is 0 Å². The standard InChI is InChI=1S/C12H17NO.C2H6/c1-4-13(5-2)12(14)11-8-6-7-10(3)9-11;1-2/h6-9H,4-5H2,1-3H3;1-2H3. The average Bonchev–Trinajstić information content (AvgIpc) is 2.33. The first kappa shape index (κ1) is 14.7. The zero-order chi connectivity index (χ0) is 12.6. The minimum absolute atomic E-state index is 0.124. The number of carbonyl (C=O) groups excluding carboxylic acids is 1. The van der Waals surface area contributed by atoms with E-state index in [0.29, 0.717) is 0 Å². The molecule has 0 saturated heterocycles. The highest BCUT2D eigenvalue weighted by molar-refractivity contribution is 5.94. The Morgan fingerprint density at radius 1 is 1.19 bits per heavy atom. The van der Waals surface area contributed by atoms with E-state index < -0.39 is 0 Å². The van der Waals surface area contributed by atoms with Crippen LogP contribution in [0.2, 0.25) is 0 Å². The number of rotatable bonds is 3. The van der Waals surface area contributed by atoms with Crippen LogP contribution in [-0.2, 0) is 0 Å². The quantitative estimate of drug-likeness (QED) is 0.765. The molecule has 16 heavy (non-hydrogen) atoms. The van der Waals surface area contributed by atoms with Crippen molar-refractivity contribution in [2.45, 2.75) is 34.6 Å². The maximum Gasteiger partial charge on any atom is 0.253 e. The number of benzene rings is 1. The van der Waals surface area contributed by atoms with Gasteiger partial charge in [0, 0.05) is 18.7 Å². The molecule has 0 unspecified atom stereocenters. The molecule has 90 valence electrons. The molecule has 0 aliphatic heterocycles. The maximum absolute atomic E-state index is 11.9. The molecular weight excluding hydrogens is 198 g/mol. The number of aryl methyl sites for hydroxylation is 1. The SMILES string of the molecule is CC.CCN(CC)C(=O)c1cccc(C)c1. The third-order valence-electron chi connectivity index (χ3n) is 2.32. The van der Waals surface area contributed by atoms with Crippen LogP contribution in [0.5, 0.6) is 0 Å². The van der Waals surface area contributed by atoms with Crippen LogP contribution in [0, 0.1) is 6.92 Å². The first-order chi connectivity index (χ1) is 7.69. The fourth-order valence-corrected chi connectivity index (χ4v) is 1.47. The number of hydrogen-bond donors (Lipinski definition) is 0. The molecule has 0 aromatic heterocycles. The molecule has 0 N–H and O–H groups in total. The molecule has 0 aliphatic carbocycles. The predicted molar refractivity (Wildman–Crippen MR) is 69.8 cm³/mol. The van der Waals surface area contributed by atoms with Crippen molar-refractivity contribution in [1.29, 1.82) is 0 Å². The number of amides is 1. The third kappa shape index (κ3) is 4.05. The Morgan fingerprint density at radius 3 is 2.19 bits per heavy atom. The van der Waals surface area contributed by atoms with E-state index in [9.17, 15) is 4.79 Å². The second-order valence-corrected chi connectivity index (χ2v) is 3.35. The summed E-state index contributed by atoms with van der Waals surface area (Å²) in [6.45, 7) is 11.5. The summed E-state index contributed by atoms with van der Waals surface area (Å²) in [6.07, 6.45) is 0. The lowest BCUT2D eigenvalue weighted by atomic mass is 10.1. The Morgan fingerprint density at radius 2 is 1.75 bits per heavy atom. The first-order valence-electron chi connectivity index (χ1n) is 6.05. The Kier molecular flexibility index (Phi) is 7.27. The van der Waals surface area contributed by atoms with Gasteiger partial charge in [0.2, 0.25) is 0 Å². The normalized spacial score (nSPS) is 9.06. The summed E-state index contributed by atoms with van der Waals surface area (Å²) >= 11 is 0. The van der Waals surface area contributed by atoms with Gasteiger partial charge in [0.15, 0.2) is 0 Å². The fourth-order valence-electron chi connectivity index (χ4n) is 1.47. The predicted octanol–water partition coefficient (Wildman–Crippen LogP) is 3.50. The molecule has 0 spiro atoms. The summed E-state index contributed by atoms with van der Waals surface area (Å²) in [6, 6.07) is 7.72. The van der Waals surface area contributed by atoms with Crippen LogP contribution >= 0.6 is 0 Å². The van der Waals surface area contributed by atoms with Crippen LogP contribution in [-0.4, -0.2) is 23.9 Å². The smallest absolute Gasteiger partial charge is 0.253 e. The summed E-state index contributed by atoms with van der Waals surface area (Å²) in [7, 11) is 0. The van der Waals surface area contributed by atoms with Crippen LogP contribution in [0.1, 0.15) is 43.6 Å². The zero-order valence-corrected chi connectivity index (χ0v) is 11.1. The van der Waals surface area contributed by atoms with Gasteiger partial charge in [0.25, 0.3) is 5.91 Å². The van der Waals surface area contributed by atoms with E-state index in [1.54, 1.807) is 0 Å². The van der Waals surface area contributed by atoms with E-state index in [4.69, 9.17) is 0 Å². The van der Waals surface area contributed by atoms with E-state index in [2.05, 4.69) is 0 Å². The summed E-state index contributed by atoms with van der Waals surface area (Å²) in [4.78, 5) is 13.7. The first-order valence-corrected chi connectivity index (χ1v) is 6.05. The van der Waals surface area contributed by atoms with Gasteiger partial charge in [0.1, 0.15) is 0 Å². The van der Waals surface area contributed by atoms with Crippen molar-refractivity contribution in [3.05, 3.63) is 35.4 Å². The molecular formula is C14H23NO. The number of carbonyl (C=O) groups is 1. The molecule has 0 radical (unpaired) electrons. The molecule has 0 bridgehead atoms.